The molecule has 0 saturated heterocycles. The van der Waals surface area contributed by atoms with Crippen molar-refractivity contribution in [2.45, 2.75) is 26.1 Å². The van der Waals surface area contributed by atoms with E-state index in [9.17, 15) is 29.6 Å². The molecule has 0 bridgehead atoms. The Balaban J connectivity index is 1.49. The molecule has 1 atom stereocenters. The number of nitrogens with zero attached hydrogens (tertiary/aromatic N) is 4. The zero-order chi connectivity index (χ0) is 27.9. The van der Waals surface area contributed by atoms with Gasteiger partial charge in [0.15, 0.2) is 0 Å². The highest BCUT2D eigenvalue weighted by molar-refractivity contribution is 6.07. The average molecular weight is 538 g/mol. The second-order valence-corrected chi connectivity index (χ2v) is 8.53. The molecule has 0 aliphatic carbocycles. The summed E-state index contributed by atoms with van der Waals surface area (Å²) in [7, 11) is 0. The number of hydrogen-bond donors (Lipinski definition) is 4. The monoisotopic (exact) mass is 537 g/mol. The van der Waals surface area contributed by atoms with E-state index in [0.717, 1.165) is 10.5 Å². The highest BCUT2D eigenvalue weighted by atomic mass is 16.6. The standard InChI is InChI=1S/C25H27N7O7/c1-2-39-22(33)15-31-19-12-20(21(32(37)38)11-18(19)29-23(34)24(31)35)30-10-6-17(14-30)13-28-25(36)27-9-5-16-3-7-26-8-4-16/h3-4,6-8,10-12,14,23,29,34H,2,5,9,13,15H2,1H3,(H2,27,28,36). The van der Waals surface area contributed by atoms with Crippen LogP contribution in [-0.2, 0) is 27.3 Å². The molecule has 14 nitrogen and oxygen atoms in total. The number of benzene rings is 1. The van der Waals surface area contributed by atoms with Gasteiger partial charge in [0.2, 0.25) is 6.23 Å². The highest BCUT2D eigenvalue weighted by Crippen LogP contribution is 2.38. The van der Waals surface area contributed by atoms with E-state index in [0.29, 0.717) is 18.5 Å². The maximum Gasteiger partial charge on any atom is 0.326 e. The molecule has 3 aromatic rings. The first-order valence-corrected chi connectivity index (χ1v) is 12.1. The van der Waals surface area contributed by atoms with Gasteiger partial charge in [0.05, 0.1) is 22.9 Å². The second kappa shape index (κ2) is 12.0. The van der Waals surface area contributed by atoms with Crippen LogP contribution in [0.5, 0.6) is 0 Å². The van der Waals surface area contributed by atoms with E-state index in [2.05, 4.69) is 20.9 Å². The Bertz CT molecular complexity index is 1380. The lowest BCUT2D eigenvalue weighted by Gasteiger charge is -2.32. The van der Waals surface area contributed by atoms with Gasteiger partial charge in [-0.1, -0.05) is 0 Å². The Morgan fingerprint density at radius 3 is 2.67 bits per heavy atom. The molecule has 204 valence electrons. The van der Waals surface area contributed by atoms with Crippen LogP contribution < -0.4 is 20.9 Å². The topological polar surface area (TPSA) is 181 Å². The van der Waals surface area contributed by atoms with Crippen molar-refractivity contribution in [3.63, 3.8) is 0 Å². The van der Waals surface area contributed by atoms with Crippen molar-refractivity contribution >= 4 is 35.0 Å². The third-order valence-electron chi connectivity index (χ3n) is 5.90. The molecule has 4 rings (SSSR count). The molecule has 1 aromatic carbocycles. The van der Waals surface area contributed by atoms with E-state index in [1.165, 1.54) is 16.7 Å². The van der Waals surface area contributed by atoms with Gasteiger partial charge in [0.1, 0.15) is 12.2 Å². The summed E-state index contributed by atoms with van der Waals surface area (Å²) in [5.41, 5.74) is 1.80. The van der Waals surface area contributed by atoms with Gasteiger partial charge in [-0.05, 0) is 48.7 Å². The second-order valence-electron chi connectivity index (χ2n) is 8.53. The molecule has 14 heteroatoms. The molecule has 39 heavy (non-hydrogen) atoms. The zero-order valence-electron chi connectivity index (χ0n) is 21.0. The molecule has 3 amide bonds. The summed E-state index contributed by atoms with van der Waals surface area (Å²) in [6, 6.07) is 7.62. The largest absolute Gasteiger partial charge is 0.465 e. The van der Waals surface area contributed by atoms with Gasteiger partial charge in [0.25, 0.3) is 11.6 Å². The SMILES string of the molecule is CCOC(=O)CN1C(=O)C(O)Nc2cc([N+](=O)[O-])c(-n3ccc(CNC(=O)NCCc4ccncc4)c3)cc21. The first kappa shape index (κ1) is 27.1. The molecule has 0 fully saturated rings. The van der Waals surface area contributed by atoms with Crippen molar-refractivity contribution in [1.82, 2.24) is 20.2 Å². The predicted molar refractivity (Wildman–Crippen MR) is 139 cm³/mol. The summed E-state index contributed by atoms with van der Waals surface area (Å²) in [6.07, 6.45) is 5.52. The Labute approximate surface area is 222 Å². The average Bonchev–Trinajstić information content (AvgIpc) is 3.39. The van der Waals surface area contributed by atoms with E-state index in [1.54, 1.807) is 37.8 Å². The fourth-order valence-electron chi connectivity index (χ4n) is 4.04. The number of carbonyl (C=O) groups is 3. The summed E-state index contributed by atoms with van der Waals surface area (Å²) in [5.74, 6) is -1.50. The van der Waals surface area contributed by atoms with Gasteiger partial charge in [0, 0.05) is 43.9 Å². The number of nitro groups is 1. The van der Waals surface area contributed by atoms with Crippen LogP contribution in [0, 0.1) is 10.1 Å². The number of hydrogen-bond acceptors (Lipinski definition) is 9. The molecular formula is C25H27N7O7. The summed E-state index contributed by atoms with van der Waals surface area (Å²) in [5, 5.41) is 30.0. The molecule has 1 unspecified atom stereocenters. The number of pyridine rings is 1. The number of aliphatic hydroxyl groups is 1. The third-order valence-corrected chi connectivity index (χ3v) is 5.90. The highest BCUT2D eigenvalue weighted by Gasteiger charge is 2.35. The maximum absolute atomic E-state index is 12.6. The molecule has 0 saturated carbocycles. The van der Waals surface area contributed by atoms with Crippen molar-refractivity contribution in [2.24, 2.45) is 0 Å². The first-order valence-electron chi connectivity index (χ1n) is 12.1. The van der Waals surface area contributed by atoms with Crippen LogP contribution in [0.4, 0.5) is 21.9 Å². The van der Waals surface area contributed by atoms with Crippen molar-refractivity contribution in [1.29, 1.82) is 0 Å². The number of amides is 3. The maximum atomic E-state index is 12.6. The summed E-state index contributed by atoms with van der Waals surface area (Å²) in [6.45, 7) is 1.83. The Morgan fingerprint density at radius 2 is 1.95 bits per heavy atom. The third kappa shape index (κ3) is 6.48. The number of aromatic nitrogens is 2. The molecule has 4 N–H and O–H groups in total. The van der Waals surface area contributed by atoms with E-state index >= 15 is 0 Å². The lowest BCUT2D eigenvalue weighted by Crippen LogP contribution is -2.49. The molecule has 3 heterocycles. The summed E-state index contributed by atoms with van der Waals surface area (Å²) in [4.78, 5) is 53.1. The molecule has 2 aromatic heterocycles. The fourth-order valence-corrected chi connectivity index (χ4v) is 4.04. The minimum absolute atomic E-state index is 0.100. The number of fused-ring (bicyclic) bond motifs is 1. The van der Waals surface area contributed by atoms with E-state index in [4.69, 9.17) is 4.74 Å². The van der Waals surface area contributed by atoms with Crippen molar-refractivity contribution in [2.75, 3.05) is 29.9 Å². The number of nitrogens with one attached hydrogen (secondary N) is 3. The van der Waals surface area contributed by atoms with Gasteiger partial charge < -0.3 is 30.4 Å². The van der Waals surface area contributed by atoms with Crippen molar-refractivity contribution < 1.29 is 29.2 Å². The van der Waals surface area contributed by atoms with Gasteiger partial charge >= 0.3 is 12.0 Å². The number of rotatable bonds is 10. The minimum Gasteiger partial charge on any atom is -0.465 e. The molecule has 1 aliphatic heterocycles. The summed E-state index contributed by atoms with van der Waals surface area (Å²) >= 11 is 0. The number of carbonyl (C=O) groups excluding carboxylic acids is 3. The number of aliphatic hydroxyl groups excluding tert-OH is 1. The molecule has 0 radical (unpaired) electrons. The van der Waals surface area contributed by atoms with E-state index in [-0.39, 0.29) is 41.9 Å². The lowest BCUT2D eigenvalue weighted by atomic mass is 10.1. The Kier molecular flexibility index (Phi) is 8.36. The zero-order valence-corrected chi connectivity index (χ0v) is 21.0. The number of ether oxygens (including phenoxy) is 1. The first-order chi connectivity index (χ1) is 18.8. The van der Waals surface area contributed by atoms with E-state index < -0.39 is 29.6 Å². The number of anilines is 2. The quantitative estimate of drug-likeness (QED) is 0.169. The Hall–Kier alpha value is -4.98. The minimum atomic E-state index is -1.68. The normalized spacial score (nSPS) is 14.3. The van der Waals surface area contributed by atoms with Crippen LogP contribution in [0.15, 0.2) is 55.1 Å². The molecule has 0 spiro atoms. The number of urea groups is 1. The Morgan fingerprint density at radius 1 is 1.18 bits per heavy atom. The van der Waals surface area contributed by atoms with Gasteiger partial charge in [-0.25, -0.2) is 4.79 Å². The number of esters is 1. The van der Waals surface area contributed by atoms with Crippen LogP contribution in [0.25, 0.3) is 5.69 Å². The van der Waals surface area contributed by atoms with Crippen LogP contribution in [-0.4, -0.2) is 63.4 Å². The van der Waals surface area contributed by atoms with Crippen molar-refractivity contribution in [3.8, 4) is 5.69 Å². The van der Waals surface area contributed by atoms with Crippen molar-refractivity contribution in [3.05, 3.63) is 76.4 Å². The predicted octanol–water partition coefficient (Wildman–Crippen LogP) is 1.46. The van der Waals surface area contributed by atoms with Crippen LogP contribution in [0.3, 0.4) is 0 Å². The molecule has 1 aliphatic rings. The number of nitro benzene ring substituents is 1. The van der Waals surface area contributed by atoms with E-state index in [1.807, 2.05) is 12.1 Å². The van der Waals surface area contributed by atoms with Crippen LogP contribution in [0.1, 0.15) is 18.1 Å². The van der Waals surface area contributed by atoms with Gasteiger partial charge in [-0.3, -0.25) is 29.6 Å². The molecular weight excluding hydrogens is 510 g/mol. The van der Waals surface area contributed by atoms with Gasteiger partial charge in [-0.2, -0.15) is 0 Å². The fraction of sp³-hybridized carbons (Fsp3) is 0.280. The van der Waals surface area contributed by atoms with Gasteiger partial charge in [-0.15, -0.1) is 0 Å². The van der Waals surface area contributed by atoms with Crippen LogP contribution >= 0.6 is 0 Å². The van der Waals surface area contributed by atoms with Crippen LogP contribution in [0.2, 0.25) is 0 Å². The smallest absolute Gasteiger partial charge is 0.326 e. The lowest BCUT2D eigenvalue weighted by molar-refractivity contribution is -0.384. The summed E-state index contributed by atoms with van der Waals surface area (Å²) < 4.78 is 6.41.